The fourth-order valence-electron chi connectivity index (χ4n) is 1.82. The number of carbonyl (C=O) groups is 1. The molecule has 1 rings (SSSR count). The van der Waals surface area contributed by atoms with E-state index in [9.17, 15) is 13.2 Å². The SMILES string of the molecule is N#CCCN(CC(=O)O)C1CCS(=O)(=O)C1. The van der Waals surface area contributed by atoms with Gasteiger partial charge in [-0.2, -0.15) is 5.26 Å². The molecule has 1 fully saturated rings. The van der Waals surface area contributed by atoms with E-state index in [1.807, 2.05) is 6.07 Å². The predicted octanol–water partition coefficient (Wildman–Crippen LogP) is -0.526. The van der Waals surface area contributed by atoms with E-state index in [0.29, 0.717) is 13.0 Å². The summed E-state index contributed by atoms with van der Waals surface area (Å²) in [6.45, 7) is 0.102. The highest BCUT2D eigenvalue weighted by molar-refractivity contribution is 7.91. The van der Waals surface area contributed by atoms with Gasteiger partial charge in [-0.15, -0.1) is 0 Å². The van der Waals surface area contributed by atoms with Gasteiger partial charge in [-0.3, -0.25) is 9.69 Å². The van der Waals surface area contributed by atoms with Gasteiger partial charge >= 0.3 is 5.97 Å². The number of nitrogens with zero attached hydrogens (tertiary/aromatic N) is 2. The number of aliphatic carboxylic acids is 1. The highest BCUT2D eigenvalue weighted by Crippen LogP contribution is 2.17. The van der Waals surface area contributed by atoms with Crippen molar-refractivity contribution in [3.05, 3.63) is 0 Å². The Labute approximate surface area is 94.4 Å². The quantitative estimate of drug-likeness (QED) is 0.700. The minimum absolute atomic E-state index is 0.00566. The molecule has 1 aliphatic rings. The van der Waals surface area contributed by atoms with Crippen molar-refractivity contribution in [3.8, 4) is 6.07 Å². The van der Waals surface area contributed by atoms with Crippen LogP contribution in [0.4, 0.5) is 0 Å². The maximum atomic E-state index is 11.3. The average Bonchev–Trinajstić information content (AvgIpc) is 2.52. The molecule has 1 heterocycles. The lowest BCUT2D eigenvalue weighted by molar-refractivity contribution is -0.138. The largest absolute Gasteiger partial charge is 0.480 e. The summed E-state index contributed by atoms with van der Waals surface area (Å²) >= 11 is 0. The van der Waals surface area contributed by atoms with Gasteiger partial charge in [0.15, 0.2) is 9.84 Å². The van der Waals surface area contributed by atoms with Crippen LogP contribution in [0.3, 0.4) is 0 Å². The molecule has 0 saturated carbocycles. The van der Waals surface area contributed by atoms with Crippen LogP contribution in [0, 0.1) is 11.3 Å². The van der Waals surface area contributed by atoms with Gasteiger partial charge in [-0.1, -0.05) is 0 Å². The molecule has 6 nitrogen and oxygen atoms in total. The van der Waals surface area contributed by atoms with Crippen molar-refractivity contribution in [1.82, 2.24) is 4.90 Å². The average molecular weight is 246 g/mol. The van der Waals surface area contributed by atoms with E-state index in [2.05, 4.69) is 0 Å². The minimum atomic E-state index is -3.02. The topological polar surface area (TPSA) is 98.5 Å². The molecule has 1 atom stereocenters. The molecule has 1 saturated heterocycles. The lowest BCUT2D eigenvalue weighted by atomic mass is 10.2. The first-order chi connectivity index (χ1) is 7.44. The van der Waals surface area contributed by atoms with Crippen molar-refractivity contribution in [2.45, 2.75) is 18.9 Å². The normalized spacial score (nSPS) is 23.1. The van der Waals surface area contributed by atoms with Gasteiger partial charge in [0, 0.05) is 19.0 Å². The van der Waals surface area contributed by atoms with E-state index in [0.717, 1.165) is 0 Å². The van der Waals surface area contributed by atoms with Crippen molar-refractivity contribution in [2.75, 3.05) is 24.6 Å². The van der Waals surface area contributed by atoms with Crippen molar-refractivity contribution in [2.24, 2.45) is 0 Å². The van der Waals surface area contributed by atoms with E-state index in [4.69, 9.17) is 10.4 Å². The number of hydrogen-bond donors (Lipinski definition) is 1. The number of carboxylic acids is 1. The summed E-state index contributed by atoms with van der Waals surface area (Å²) < 4.78 is 22.5. The number of nitriles is 1. The van der Waals surface area contributed by atoms with E-state index in [-0.39, 0.29) is 30.5 Å². The monoisotopic (exact) mass is 246 g/mol. The van der Waals surface area contributed by atoms with Crippen LogP contribution in [0.25, 0.3) is 0 Å². The summed E-state index contributed by atoms with van der Waals surface area (Å²) in [6, 6.07) is 1.68. The standard InChI is InChI=1S/C9H14N2O4S/c10-3-1-4-11(6-9(12)13)8-2-5-16(14,15)7-8/h8H,1-2,4-7H2,(H,12,13). The van der Waals surface area contributed by atoms with Gasteiger partial charge in [-0.05, 0) is 6.42 Å². The molecule has 0 amide bonds. The van der Waals surface area contributed by atoms with E-state index >= 15 is 0 Å². The van der Waals surface area contributed by atoms with Crippen LogP contribution in [-0.4, -0.2) is 55.0 Å². The lowest BCUT2D eigenvalue weighted by Gasteiger charge is -2.24. The molecule has 0 aromatic carbocycles. The van der Waals surface area contributed by atoms with Crippen molar-refractivity contribution < 1.29 is 18.3 Å². The van der Waals surface area contributed by atoms with Gasteiger partial charge < -0.3 is 5.11 Å². The maximum Gasteiger partial charge on any atom is 0.317 e. The van der Waals surface area contributed by atoms with Gasteiger partial charge in [0.05, 0.1) is 24.1 Å². The molecule has 1 unspecified atom stereocenters. The van der Waals surface area contributed by atoms with Gasteiger partial charge in [-0.25, -0.2) is 8.42 Å². The highest BCUT2D eigenvalue weighted by Gasteiger charge is 2.32. The van der Waals surface area contributed by atoms with Crippen LogP contribution in [0.15, 0.2) is 0 Å². The zero-order chi connectivity index (χ0) is 12.2. The molecule has 16 heavy (non-hydrogen) atoms. The van der Waals surface area contributed by atoms with E-state index < -0.39 is 15.8 Å². The Kier molecular flexibility index (Phi) is 4.26. The number of sulfone groups is 1. The van der Waals surface area contributed by atoms with Gasteiger partial charge in [0.25, 0.3) is 0 Å². The Morgan fingerprint density at radius 1 is 1.56 bits per heavy atom. The summed E-state index contributed by atoms with van der Waals surface area (Å²) in [5, 5.41) is 17.2. The second-order valence-electron chi connectivity index (χ2n) is 3.83. The van der Waals surface area contributed by atoms with Crippen molar-refractivity contribution >= 4 is 15.8 Å². The van der Waals surface area contributed by atoms with Crippen LogP contribution in [0.1, 0.15) is 12.8 Å². The predicted molar refractivity (Wildman–Crippen MR) is 56.5 cm³/mol. The molecule has 0 aromatic rings. The maximum absolute atomic E-state index is 11.3. The summed E-state index contributed by atoms with van der Waals surface area (Å²) in [6.07, 6.45) is 0.671. The van der Waals surface area contributed by atoms with Gasteiger partial charge in [0.2, 0.25) is 0 Å². The zero-order valence-electron chi connectivity index (χ0n) is 8.79. The van der Waals surface area contributed by atoms with Crippen molar-refractivity contribution in [3.63, 3.8) is 0 Å². The summed E-state index contributed by atoms with van der Waals surface area (Å²) in [4.78, 5) is 12.2. The van der Waals surface area contributed by atoms with E-state index in [1.54, 1.807) is 4.90 Å². The third kappa shape index (κ3) is 3.79. The molecule has 0 radical (unpaired) electrons. The molecule has 90 valence electrons. The molecule has 1 N–H and O–H groups in total. The van der Waals surface area contributed by atoms with Crippen LogP contribution >= 0.6 is 0 Å². The second-order valence-corrected chi connectivity index (χ2v) is 6.06. The zero-order valence-corrected chi connectivity index (χ0v) is 9.61. The fraction of sp³-hybridized carbons (Fsp3) is 0.778. The number of rotatable bonds is 5. The lowest BCUT2D eigenvalue weighted by Crippen LogP contribution is -2.40. The van der Waals surface area contributed by atoms with Gasteiger partial charge in [0.1, 0.15) is 0 Å². The molecule has 0 aromatic heterocycles. The number of hydrogen-bond acceptors (Lipinski definition) is 5. The fourth-order valence-corrected chi connectivity index (χ4v) is 3.58. The molecular formula is C9H14N2O4S. The van der Waals surface area contributed by atoms with Crippen molar-refractivity contribution in [1.29, 1.82) is 5.26 Å². The minimum Gasteiger partial charge on any atom is -0.480 e. The second kappa shape index (κ2) is 5.27. The highest BCUT2D eigenvalue weighted by atomic mass is 32.2. The Morgan fingerprint density at radius 2 is 2.25 bits per heavy atom. The first kappa shape index (κ1) is 12.9. The Balaban J connectivity index is 2.63. The molecule has 0 aliphatic carbocycles. The molecule has 1 aliphatic heterocycles. The first-order valence-electron chi connectivity index (χ1n) is 4.98. The van der Waals surface area contributed by atoms with Crippen LogP contribution in [0.2, 0.25) is 0 Å². The van der Waals surface area contributed by atoms with Crippen LogP contribution < -0.4 is 0 Å². The Bertz CT molecular complexity index is 398. The Hall–Kier alpha value is -1.13. The smallest absolute Gasteiger partial charge is 0.317 e. The molecule has 0 spiro atoms. The van der Waals surface area contributed by atoms with E-state index in [1.165, 1.54) is 0 Å². The summed E-state index contributed by atoms with van der Waals surface area (Å²) in [5.74, 6) is -0.881. The third-order valence-corrected chi connectivity index (χ3v) is 4.32. The van der Waals surface area contributed by atoms with Crippen LogP contribution in [0.5, 0.6) is 0 Å². The summed E-state index contributed by atoms with van der Waals surface area (Å²) in [7, 11) is -3.02. The number of carboxylic acid groups (broad SMARTS) is 1. The molecule has 7 heteroatoms. The Morgan fingerprint density at radius 3 is 2.69 bits per heavy atom. The summed E-state index contributed by atoms with van der Waals surface area (Å²) in [5.41, 5.74) is 0. The van der Waals surface area contributed by atoms with Crippen LogP contribution in [-0.2, 0) is 14.6 Å². The first-order valence-corrected chi connectivity index (χ1v) is 6.80. The molecule has 0 bridgehead atoms. The molecular weight excluding hydrogens is 232 g/mol. The third-order valence-electron chi connectivity index (χ3n) is 2.57.